The fourth-order valence-electron chi connectivity index (χ4n) is 2.81. The highest BCUT2D eigenvalue weighted by Crippen LogP contribution is 2.41. The molecule has 0 saturated heterocycles. The van der Waals surface area contributed by atoms with Crippen molar-refractivity contribution in [2.45, 2.75) is 57.0 Å². The SMILES string of the molecule is CCCCc1nc(NCCO)c(C#N)c2c1CSC(C)(C)C2. The summed E-state index contributed by atoms with van der Waals surface area (Å²) in [5, 5.41) is 21.8. The lowest BCUT2D eigenvalue weighted by molar-refractivity contribution is 0.311. The monoisotopic (exact) mass is 319 g/mol. The molecule has 0 saturated carbocycles. The molecule has 2 N–H and O–H groups in total. The number of fused-ring (bicyclic) bond motifs is 1. The van der Waals surface area contributed by atoms with Gasteiger partial charge in [0.05, 0.1) is 12.2 Å². The number of nitriles is 1. The molecule has 1 aromatic heterocycles. The number of hydrogen-bond acceptors (Lipinski definition) is 5. The van der Waals surface area contributed by atoms with Gasteiger partial charge in [-0.25, -0.2) is 4.98 Å². The fourth-order valence-corrected chi connectivity index (χ4v) is 3.93. The van der Waals surface area contributed by atoms with Crippen molar-refractivity contribution in [3.63, 3.8) is 0 Å². The quantitative estimate of drug-likeness (QED) is 0.842. The van der Waals surface area contributed by atoms with Crippen LogP contribution in [0.5, 0.6) is 0 Å². The Morgan fingerprint density at radius 2 is 2.18 bits per heavy atom. The summed E-state index contributed by atoms with van der Waals surface area (Å²) in [6.45, 7) is 7.10. The maximum atomic E-state index is 9.61. The third kappa shape index (κ3) is 3.74. The van der Waals surface area contributed by atoms with Crippen LogP contribution in [-0.4, -0.2) is 28.0 Å². The predicted molar refractivity (Wildman–Crippen MR) is 92.2 cm³/mol. The van der Waals surface area contributed by atoms with Crippen molar-refractivity contribution in [2.75, 3.05) is 18.5 Å². The Morgan fingerprint density at radius 1 is 1.41 bits per heavy atom. The number of rotatable bonds is 6. The average molecular weight is 319 g/mol. The highest BCUT2D eigenvalue weighted by atomic mass is 32.2. The van der Waals surface area contributed by atoms with Crippen LogP contribution in [0, 0.1) is 11.3 Å². The van der Waals surface area contributed by atoms with Crippen molar-refractivity contribution in [1.82, 2.24) is 4.98 Å². The maximum Gasteiger partial charge on any atom is 0.144 e. The van der Waals surface area contributed by atoms with E-state index in [2.05, 4.69) is 32.2 Å². The minimum Gasteiger partial charge on any atom is -0.395 e. The molecule has 0 radical (unpaired) electrons. The molecule has 120 valence electrons. The third-order valence-corrected chi connectivity index (χ3v) is 5.35. The van der Waals surface area contributed by atoms with Crippen LogP contribution in [0.2, 0.25) is 0 Å². The van der Waals surface area contributed by atoms with E-state index in [-0.39, 0.29) is 11.4 Å². The first-order valence-corrected chi connectivity index (χ1v) is 8.94. The number of hydrogen-bond donors (Lipinski definition) is 2. The van der Waals surface area contributed by atoms with Crippen molar-refractivity contribution in [1.29, 1.82) is 5.26 Å². The van der Waals surface area contributed by atoms with Gasteiger partial charge in [-0.1, -0.05) is 27.2 Å². The zero-order chi connectivity index (χ0) is 16.2. The zero-order valence-electron chi connectivity index (χ0n) is 13.7. The van der Waals surface area contributed by atoms with E-state index in [4.69, 9.17) is 10.1 Å². The lowest BCUT2D eigenvalue weighted by Gasteiger charge is -2.33. The van der Waals surface area contributed by atoms with Crippen LogP contribution < -0.4 is 5.32 Å². The summed E-state index contributed by atoms with van der Waals surface area (Å²) in [5.74, 6) is 1.58. The minimum atomic E-state index is 0.0370. The number of aryl methyl sites for hydroxylation is 1. The molecule has 4 nitrogen and oxygen atoms in total. The molecule has 0 fully saturated rings. The highest BCUT2D eigenvalue weighted by molar-refractivity contribution is 7.99. The number of nitrogens with zero attached hydrogens (tertiary/aromatic N) is 2. The van der Waals surface area contributed by atoms with E-state index in [1.54, 1.807) is 0 Å². The Labute approximate surface area is 137 Å². The first-order valence-electron chi connectivity index (χ1n) is 7.95. The van der Waals surface area contributed by atoms with Crippen LogP contribution >= 0.6 is 11.8 Å². The van der Waals surface area contributed by atoms with Crippen molar-refractivity contribution < 1.29 is 5.11 Å². The van der Waals surface area contributed by atoms with Gasteiger partial charge in [0.2, 0.25) is 0 Å². The van der Waals surface area contributed by atoms with E-state index in [0.717, 1.165) is 42.7 Å². The first kappa shape index (κ1) is 17.1. The molecule has 5 heteroatoms. The van der Waals surface area contributed by atoms with E-state index in [1.165, 1.54) is 5.56 Å². The molecular formula is C17H25N3OS. The summed E-state index contributed by atoms with van der Waals surface area (Å²) in [6.07, 6.45) is 4.10. The van der Waals surface area contributed by atoms with Crippen LogP contribution in [0.3, 0.4) is 0 Å². The molecule has 1 aliphatic heterocycles. The molecule has 0 bridgehead atoms. The summed E-state index contributed by atoms with van der Waals surface area (Å²) in [6, 6.07) is 2.34. The summed E-state index contributed by atoms with van der Waals surface area (Å²) in [7, 11) is 0. The molecule has 1 aliphatic rings. The third-order valence-electron chi connectivity index (χ3n) is 3.99. The maximum absolute atomic E-state index is 9.61. The Bertz CT molecular complexity index is 578. The number of pyridine rings is 1. The molecule has 0 unspecified atom stereocenters. The summed E-state index contributed by atoms with van der Waals surface area (Å²) < 4.78 is 0.149. The molecule has 1 aromatic rings. The summed E-state index contributed by atoms with van der Waals surface area (Å²) in [5.41, 5.74) is 4.22. The number of aliphatic hydroxyl groups is 1. The van der Waals surface area contributed by atoms with E-state index >= 15 is 0 Å². The summed E-state index contributed by atoms with van der Waals surface area (Å²) >= 11 is 1.94. The van der Waals surface area contributed by atoms with Gasteiger partial charge in [-0.3, -0.25) is 0 Å². The number of thioether (sulfide) groups is 1. The number of unbranched alkanes of at least 4 members (excludes halogenated alkanes) is 1. The van der Waals surface area contributed by atoms with Gasteiger partial charge >= 0.3 is 0 Å². The van der Waals surface area contributed by atoms with Gasteiger partial charge in [-0.2, -0.15) is 17.0 Å². The van der Waals surface area contributed by atoms with Gasteiger partial charge in [0.25, 0.3) is 0 Å². The van der Waals surface area contributed by atoms with Crippen LogP contribution in [0.1, 0.15) is 56.0 Å². The average Bonchev–Trinajstić information content (AvgIpc) is 2.49. The van der Waals surface area contributed by atoms with E-state index in [1.807, 2.05) is 11.8 Å². The molecule has 0 atom stereocenters. The van der Waals surface area contributed by atoms with Gasteiger partial charge in [-0.05, 0) is 30.4 Å². The summed E-state index contributed by atoms with van der Waals surface area (Å²) in [4.78, 5) is 4.72. The highest BCUT2D eigenvalue weighted by Gasteiger charge is 2.31. The standard InChI is InChI=1S/C17H25N3OS/c1-4-5-6-15-14-11-22-17(2,3)9-12(14)13(10-18)16(20-15)19-7-8-21/h21H,4-9,11H2,1-3H3,(H,19,20). The topological polar surface area (TPSA) is 68.9 Å². The molecule has 2 heterocycles. The second-order valence-corrected chi connectivity index (χ2v) is 8.01. The van der Waals surface area contributed by atoms with Crippen molar-refractivity contribution >= 4 is 17.6 Å². The number of nitrogens with one attached hydrogen (secondary N) is 1. The van der Waals surface area contributed by atoms with E-state index < -0.39 is 0 Å². The largest absolute Gasteiger partial charge is 0.395 e. The molecule has 22 heavy (non-hydrogen) atoms. The van der Waals surface area contributed by atoms with Crippen LogP contribution in [-0.2, 0) is 18.6 Å². The fraction of sp³-hybridized carbons (Fsp3) is 0.647. The lowest BCUT2D eigenvalue weighted by Crippen LogP contribution is -2.27. The molecule has 0 aliphatic carbocycles. The zero-order valence-corrected chi connectivity index (χ0v) is 14.5. The van der Waals surface area contributed by atoms with Gasteiger partial charge in [-0.15, -0.1) is 0 Å². The lowest BCUT2D eigenvalue weighted by atomic mass is 9.91. The Kier molecular flexibility index (Phi) is 5.71. The van der Waals surface area contributed by atoms with Gasteiger partial charge in [0.15, 0.2) is 0 Å². The second-order valence-electron chi connectivity index (χ2n) is 6.33. The first-order chi connectivity index (χ1) is 10.5. The van der Waals surface area contributed by atoms with Crippen molar-refractivity contribution in [2.24, 2.45) is 0 Å². The predicted octanol–water partition coefficient (Wildman–Crippen LogP) is 3.27. The van der Waals surface area contributed by atoms with Crippen LogP contribution in [0.25, 0.3) is 0 Å². The molecule has 0 spiro atoms. The van der Waals surface area contributed by atoms with Crippen LogP contribution in [0.15, 0.2) is 0 Å². The number of aromatic nitrogens is 1. The van der Waals surface area contributed by atoms with Crippen LogP contribution in [0.4, 0.5) is 5.82 Å². The second kappa shape index (κ2) is 7.34. The Hall–Kier alpha value is -1.25. The van der Waals surface area contributed by atoms with Crippen molar-refractivity contribution in [3.8, 4) is 6.07 Å². The number of aliphatic hydroxyl groups excluding tert-OH is 1. The minimum absolute atomic E-state index is 0.0370. The van der Waals surface area contributed by atoms with E-state index in [0.29, 0.717) is 17.9 Å². The molecule has 0 aromatic carbocycles. The Morgan fingerprint density at radius 3 is 2.82 bits per heavy atom. The van der Waals surface area contributed by atoms with Gasteiger partial charge in [0.1, 0.15) is 11.9 Å². The van der Waals surface area contributed by atoms with Crippen molar-refractivity contribution in [3.05, 3.63) is 22.4 Å². The number of anilines is 1. The van der Waals surface area contributed by atoms with Gasteiger partial charge in [0, 0.05) is 22.7 Å². The Balaban J connectivity index is 2.50. The smallest absolute Gasteiger partial charge is 0.144 e. The van der Waals surface area contributed by atoms with Gasteiger partial charge < -0.3 is 10.4 Å². The molecule has 2 rings (SSSR count). The normalized spacial score (nSPS) is 16.0. The molecule has 0 amide bonds. The van der Waals surface area contributed by atoms with E-state index in [9.17, 15) is 5.26 Å². The molecular weight excluding hydrogens is 294 g/mol.